The Hall–Kier alpha value is -2.19. The Morgan fingerprint density at radius 1 is 1.14 bits per heavy atom. The summed E-state index contributed by atoms with van der Waals surface area (Å²) in [4.78, 5) is 28.7. The highest BCUT2D eigenvalue weighted by atomic mass is 16.5. The van der Waals surface area contributed by atoms with Gasteiger partial charge in [-0.05, 0) is 56.7 Å². The molecule has 2 aromatic heterocycles. The van der Waals surface area contributed by atoms with Crippen molar-refractivity contribution in [3.8, 4) is 0 Å². The summed E-state index contributed by atoms with van der Waals surface area (Å²) in [5.74, 6) is 2.49. The minimum Gasteiger partial charge on any atom is -0.367 e. The molecule has 2 aliphatic heterocycles. The fourth-order valence-electron chi connectivity index (χ4n) is 4.53. The van der Waals surface area contributed by atoms with Crippen molar-refractivity contribution in [3.05, 3.63) is 18.6 Å². The fraction of sp³-hybridized carbons (Fsp3) is 0.667. The maximum Gasteiger partial charge on any atom is 0.248 e. The molecule has 2 saturated heterocycles. The number of carbonyl (C=O) groups excluding carboxylic acids is 1. The molecule has 1 atom stereocenters. The van der Waals surface area contributed by atoms with Crippen molar-refractivity contribution >= 4 is 22.8 Å². The summed E-state index contributed by atoms with van der Waals surface area (Å²) in [7, 11) is 0. The molecule has 4 heterocycles. The third kappa shape index (κ3) is 4.53. The first-order valence-electron chi connectivity index (χ1n) is 10.9. The van der Waals surface area contributed by atoms with Crippen LogP contribution in [-0.4, -0.2) is 82.6 Å². The third-order valence-corrected chi connectivity index (χ3v) is 6.47. The number of hydrogen-bond donors (Lipinski definition) is 2. The van der Waals surface area contributed by atoms with Crippen molar-refractivity contribution < 1.29 is 9.53 Å². The van der Waals surface area contributed by atoms with Crippen LogP contribution in [0, 0.1) is 11.8 Å². The summed E-state index contributed by atoms with van der Waals surface area (Å²) in [6.45, 7) is 5.97. The number of piperidine rings is 1. The lowest BCUT2D eigenvalue weighted by Crippen LogP contribution is -2.51. The predicted molar refractivity (Wildman–Crippen MR) is 111 cm³/mol. The number of aromatic nitrogens is 3. The first-order chi connectivity index (χ1) is 14.2. The number of ether oxygens (including phenoxy) is 1. The smallest absolute Gasteiger partial charge is 0.248 e. The van der Waals surface area contributed by atoms with Crippen LogP contribution >= 0.6 is 0 Å². The maximum atomic E-state index is 12.4. The van der Waals surface area contributed by atoms with Crippen molar-refractivity contribution in [2.24, 2.45) is 11.8 Å². The van der Waals surface area contributed by atoms with E-state index in [1.807, 2.05) is 17.2 Å². The van der Waals surface area contributed by atoms with Gasteiger partial charge in [-0.3, -0.25) is 4.79 Å². The number of amides is 1. The highest BCUT2D eigenvalue weighted by molar-refractivity contribution is 5.86. The molecule has 1 saturated carbocycles. The third-order valence-electron chi connectivity index (χ3n) is 6.47. The van der Waals surface area contributed by atoms with E-state index >= 15 is 0 Å². The van der Waals surface area contributed by atoms with E-state index in [9.17, 15) is 4.79 Å². The van der Waals surface area contributed by atoms with Crippen molar-refractivity contribution in [3.63, 3.8) is 0 Å². The van der Waals surface area contributed by atoms with Gasteiger partial charge >= 0.3 is 0 Å². The molecule has 1 unspecified atom stereocenters. The van der Waals surface area contributed by atoms with Crippen LogP contribution in [0.4, 0.5) is 5.82 Å². The summed E-state index contributed by atoms with van der Waals surface area (Å²) >= 11 is 0. The van der Waals surface area contributed by atoms with Crippen molar-refractivity contribution in [1.82, 2.24) is 24.8 Å². The van der Waals surface area contributed by atoms with Crippen LogP contribution in [0.15, 0.2) is 18.6 Å². The van der Waals surface area contributed by atoms with Gasteiger partial charge in [0.2, 0.25) is 5.91 Å². The lowest BCUT2D eigenvalue weighted by Gasteiger charge is -2.38. The Kier molecular flexibility index (Phi) is 5.37. The Balaban J connectivity index is 1.11. The van der Waals surface area contributed by atoms with E-state index in [1.54, 1.807) is 6.33 Å². The number of nitrogens with one attached hydrogen (secondary N) is 2. The van der Waals surface area contributed by atoms with Crippen LogP contribution in [0.5, 0.6) is 0 Å². The predicted octanol–water partition coefficient (Wildman–Crippen LogP) is 1.72. The molecule has 1 amide bonds. The quantitative estimate of drug-likeness (QED) is 0.739. The number of aromatic amines is 1. The van der Waals surface area contributed by atoms with Gasteiger partial charge in [0.1, 0.15) is 24.4 Å². The molecule has 2 aromatic rings. The number of anilines is 1. The zero-order chi connectivity index (χ0) is 19.6. The summed E-state index contributed by atoms with van der Waals surface area (Å²) < 4.78 is 5.78. The average Bonchev–Trinajstić information content (AvgIpc) is 3.42. The molecule has 0 bridgehead atoms. The van der Waals surface area contributed by atoms with Gasteiger partial charge in [0.25, 0.3) is 0 Å². The topological polar surface area (TPSA) is 86.4 Å². The number of carbonyl (C=O) groups is 1. The number of hydrogen-bond acceptors (Lipinski definition) is 6. The molecule has 8 nitrogen and oxygen atoms in total. The van der Waals surface area contributed by atoms with Gasteiger partial charge in [0.05, 0.1) is 11.5 Å². The molecule has 156 valence electrons. The van der Waals surface area contributed by atoms with Crippen LogP contribution in [0.2, 0.25) is 0 Å². The van der Waals surface area contributed by atoms with Crippen LogP contribution in [0.1, 0.15) is 25.7 Å². The van der Waals surface area contributed by atoms with Gasteiger partial charge in [-0.2, -0.15) is 0 Å². The Morgan fingerprint density at radius 3 is 2.79 bits per heavy atom. The molecule has 0 radical (unpaired) electrons. The van der Waals surface area contributed by atoms with E-state index in [0.29, 0.717) is 19.0 Å². The minimum atomic E-state index is -0.0217. The van der Waals surface area contributed by atoms with Gasteiger partial charge in [0.15, 0.2) is 0 Å². The van der Waals surface area contributed by atoms with E-state index in [1.165, 1.54) is 45.3 Å². The monoisotopic (exact) mass is 398 g/mol. The van der Waals surface area contributed by atoms with Crippen LogP contribution in [-0.2, 0) is 9.53 Å². The van der Waals surface area contributed by atoms with E-state index < -0.39 is 0 Å². The molecule has 8 heteroatoms. The lowest BCUT2D eigenvalue weighted by atomic mass is 9.95. The van der Waals surface area contributed by atoms with Gasteiger partial charge in [-0.1, -0.05) is 0 Å². The fourth-order valence-corrected chi connectivity index (χ4v) is 4.53. The van der Waals surface area contributed by atoms with Gasteiger partial charge in [-0.25, -0.2) is 9.97 Å². The van der Waals surface area contributed by atoms with Gasteiger partial charge < -0.3 is 24.8 Å². The molecule has 1 aliphatic carbocycles. The molecule has 5 rings (SSSR count). The summed E-state index contributed by atoms with van der Waals surface area (Å²) in [6.07, 6.45) is 8.63. The SMILES string of the molecule is O=C1COC(CNc2ncnc3[nH]ccc23)CN1CC1CCN(CC2CC2)CC1. The first-order valence-corrected chi connectivity index (χ1v) is 10.9. The standard InChI is InChI=1S/C21H30N6O2/c28-19-13-29-17(9-23-21-18-3-6-22-20(18)24-14-25-21)12-27(19)11-16-4-7-26(8-5-16)10-15-1-2-15/h3,6,14-17H,1-2,4-5,7-13H2,(H2,22,23,24,25). The number of H-pyrrole nitrogens is 1. The highest BCUT2D eigenvalue weighted by Crippen LogP contribution is 2.31. The molecule has 3 fully saturated rings. The second kappa shape index (κ2) is 8.28. The first kappa shape index (κ1) is 18.8. The second-order valence-electron chi connectivity index (χ2n) is 8.76. The van der Waals surface area contributed by atoms with E-state index in [2.05, 4.69) is 25.2 Å². The molecular weight excluding hydrogens is 368 g/mol. The maximum absolute atomic E-state index is 12.4. The largest absolute Gasteiger partial charge is 0.367 e. The number of fused-ring (bicyclic) bond motifs is 1. The molecule has 2 N–H and O–H groups in total. The average molecular weight is 399 g/mol. The highest BCUT2D eigenvalue weighted by Gasteiger charge is 2.31. The second-order valence-corrected chi connectivity index (χ2v) is 8.76. The Labute approximate surface area is 171 Å². The Morgan fingerprint density at radius 2 is 1.97 bits per heavy atom. The normalized spacial score (nSPS) is 24.3. The van der Waals surface area contributed by atoms with E-state index in [4.69, 9.17) is 4.74 Å². The zero-order valence-corrected chi connectivity index (χ0v) is 16.8. The van der Waals surface area contributed by atoms with Gasteiger partial charge in [-0.15, -0.1) is 0 Å². The minimum absolute atomic E-state index is 0.0217. The lowest BCUT2D eigenvalue weighted by molar-refractivity contribution is -0.149. The number of likely N-dealkylation sites (tertiary alicyclic amines) is 1. The Bertz CT molecular complexity index is 843. The van der Waals surface area contributed by atoms with E-state index in [0.717, 1.165) is 29.3 Å². The van der Waals surface area contributed by atoms with Crippen molar-refractivity contribution in [2.45, 2.75) is 31.8 Å². The van der Waals surface area contributed by atoms with E-state index in [-0.39, 0.29) is 18.6 Å². The number of nitrogens with zero attached hydrogens (tertiary/aromatic N) is 4. The molecule has 0 spiro atoms. The number of rotatable bonds is 7. The summed E-state index contributed by atoms with van der Waals surface area (Å²) in [6, 6.07) is 1.96. The molecular formula is C21H30N6O2. The molecule has 3 aliphatic rings. The molecule has 29 heavy (non-hydrogen) atoms. The number of morpholine rings is 1. The summed E-state index contributed by atoms with van der Waals surface area (Å²) in [5.41, 5.74) is 0.817. The summed E-state index contributed by atoms with van der Waals surface area (Å²) in [5, 5.41) is 4.34. The van der Waals surface area contributed by atoms with Gasteiger partial charge in [0, 0.05) is 32.4 Å². The zero-order valence-electron chi connectivity index (χ0n) is 16.8. The van der Waals surface area contributed by atoms with Crippen LogP contribution < -0.4 is 5.32 Å². The van der Waals surface area contributed by atoms with Crippen LogP contribution in [0.25, 0.3) is 11.0 Å². The van der Waals surface area contributed by atoms with Crippen LogP contribution in [0.3, 0.4) is 0 Å². The molecule has 0 aromatic carbocycles. The van der Waals surface area contributed by atoms with Crippen molar-refractivity contribution in [2.75, 3.05) is 51.2 Å². The van der Waals surface area contributed by atoms with Crippen molar-refractivity contribution in [1.29, 1.82) is 0 Å².